The minimum atomic E-state index is -0.0703. The molecule has 3 fully saturated rings. The van der Waals surface area contributed by atoms with Gasteiger partial charge in [0.05, 0.1) is 13.0 Å². The Morgan fingerprint density at radius 3 is 2.91 bits per heavy atom. The lowest BCUT2D eigenvalue weighted by Crippen LogP contribution is -2.68. The highest BCUT2D eigenvalue weighted by atomic mass is 16.5. The molecule has 2 aliphatic heterocycles. The fourth-order valence-electron chi connectivity index (χ4n) is 5.46. The third-order valence-electron chi connectivity index (χ3n) is 6.58. The van der Waals surface area contributed by atoms with Crippen molar-refractivity contribution in [2.24, 2.45) is 11.8 Å². The van der Waals surface area contributed by atoms with Crippen LogP contribution in [0.2, 0.25) is 0 Å². The molecule has 2 aliphatic carbocycles. The molecule has 22 heavy (non-hydrogen) atoms. The van der Waals surface area contributed by atoms with Crippen LogP contribution in [0.25, 0.3) is 0 Å². The van der Waals surface area contributed by atoms with Gasteiger partial charge in [-0.3, -0.25) is 9.69 Å². The topological polar surface area (TPSA) is 49.8 Å². The fourth-order valence-corrected chi connectivity index (χ4v) is 5.46. The molecular weight excluding hydrogens is 278 g/mol. The molecule has 1 aromatic carbocycles. The van der Waals surface area contributed by atoms with Crippen LogP contribution in [-0.2, 0) is 21.4 Å². The van der Waals surface area contributed by atoms with Gasteiger partial charge < -0.3 is 9.84 Å². The van der Waals surface area contributed by atoms with Crippen molar-refractivity contribution < 1.29 is 14.6 Å². The van der Waals surface area contributed by atoms with Gasteiger partial charge in [-0.1, -0.05) is 13.0 Å². The first-order chi connectivity index (χ1) is 10.5. The number of carbonyl (C=O) groups is 1. The number of fused-ring (bicyclic) bond motifs is 2. The number of esters is 1. The largest absolute Gasteiger partial charge is 0.508 e. The Hall–Kier alpha value is -1.55. The summed E-state index contributed by atoms with van der Waals surface area (Å²) in [6.45, 7) is 2.32. The highest BCUT2D eigenvalue weighted by molar-refractivity contribution is 5.74. The molecule has 1 aromatic rings. The molecule has 0 aromatic heterocycles. The third kappa shape index (κ3) is 1.64. The summed E-state index contributed by atoms with van der Waals surface area (Å²) in [6.07, 6.45) is 2.87. The molecule has 2 saturated heterocycles. The van der Waals surface area contributed by atoms with Gasteiger partial charge in [-0.05, 0) is 60.9 Å². The summed E-state index contributed by atoms with van der Waals surface area (Å²) in [7, 11) is 3.64. The third-order valence-corrected chi connectivity index (χ3v) is 6.58. The maximum Gasteiger partial charge on any atom is 0.310 e. The number of methoxy groups -OCH3 is 1. The highest BCUT2D eigenvalue weighted by Gasteiger charge is 2.60. The zero-order chi connectivity index (χ0) is 15.6. The van der Waals surface area contributed by atoms with Crippen LogP contribution in [0.5, 0.6) is 5.75 Å². The van der Waals surface area contributed by atoms with E-state index in [9.17, 15) is 9.90 Å². The monoisotopic (exact) mass is 301 g/mol. The Morgan fingerprint density at radius 2 is 2.18 bits per heavy atom. The van der Waals surface area contributed by atoms with E-state index in [2.05, 4.69) is 24.9 Å². The van der Waals surface area contributed by atoms with E-state index in [-0.39, 0.29) is 23.3 Å². The number of rotatable bonds is 1. The van der Waals surface area contributed by atoms with Gasteiger partial charge in [-0.15, -0.1) is 0 Å². The number of aromatic hydroxyl groups is 1. The van der Waals surface area contributed by atoms with Crippen LogP contribution in [-0.4, -0.2) is 42.2 Å². The Bertz CT molecular complexity index is 643. The van der Waals surface area contributed by atoms with E-state index in [0.717, 1.165) is 19.3 Å². The summed E-state index contributed by atoms with van der Waals surface area (Å²) in [5, 5.41) is 9.92. The van der Waals surface area contributed by atoms with Crippen molar-refractivity contribution in [1.82, 2.24) is 4.90 Å². The quantitative estimate of drug-likeness (QED) is 0.807. The lowest BCUT2D eigenvalue weighted by molar-refractivity contribution is -0.161. The number of benzene rings is 1. The summed E-state index contributed by atoms with van der Waals surface area (Å²) in [4.78, 5) is 14.5. The average molecular weight is 301 g/mol. The van der Waals surface area contributed by atoms with Crippen LogP contribution >= 0.6 is 0 Å². The number of nitrogens with zero attached hydrogens (tertiary/aromatic N) is 1. The van der Waals surface area contributed by atoms with Crippen molar-refractivity contribution in [2.45, 2.75) is 43.7 Å². The van der Waals surface area contributed by atoms with Gasteiger partial charge in [0.1, 0.15) is 5.75 Å². The van der Waals surface area contributed by atoms with Crippen LogP contribution in [0.4, 0.5) is 0 Å². The van der Waals surface area contributed by atoms with Crippen LogP contribution in [0.3, 0.4) is 0 Å². The Balaban J connectivity index is 1.80. The summed E-state index contributed by atoms with van der Waals surface area (Å²) < 4.78 is 5.03. The number of piperidine rings is 2. The van der Waals surface area contributed by atoms with E-state index < -0.39 is 0 Å². The second-order valence-corrected chi connectivity index (χ2v) is 7.44. The fraction of sp³-hybridized carbons (Fsp3) is 0.611. The minimum Gasteiger partial charge on any atom is -0.508 e. The number of likely N-dealkylation sites (N-methyl/N-ethyl adjacent to an activating group) is 1. The van der Waals surface area contributed by atoms with E-state index in [0.29, 0.717) is 17.7 Å². The molecule has 118 valence electrons. The van der Waals surface area contributed by atoms with Crippen LogP contribution in [0, 0.1) is 11.8 Å². The molecule has 4 nitrogen and oxygen atoms in total. The standard InChI is InChI=1S/C18H23NO3/c1-18-9-16-12(17(21)22-3)8-14(18)15(19(16)2)6-10-4-5-11(20)7-13(10)18/h4-5,7,12,14-16,20H,6,8-9H2,1-3H3/t12?,14?,15?,16?,18-/m1/s1. The maximum atomic E-state index is 12.1. The molecule has 5 atom stereocenters. The number of carbonyl (C=O) groups excluding carboxylic acids is 1. The van der Waals surface area contributed by atoms with Crippen molar-refractivity contribution in [3.63, 3.8) is 0 Å². The van der Waals surface area contributed by atoms with Crippen molar-refractivity contribution in [2.75, 3.05) is 14.2 Å². The van der Waals surface area contributed by atoms with E-state index in [1.54, 1.807) is 6.07 Å². The molecule has 4 aliphatic rings. The zero-order valence-corrected chi connectivity index (χ0v) is 13.4. The average Bonchev–Trinajstić information content (AvgIpc) is 2.51. The van der Waals surface area contributed by atoms with Gasteiger partial charge in [0.15, 0.2) is 0 Å². The van der Waals surface area contributed by atoms with E-state index in [1.807, 2.05) is 6.07 Å². The van der Waals surface area contributed by atoms with Gasteiger partial charge in [0.2, 0.25) is 0 Å². The number of ether oxygens (including phenoxy) is 1. The molecule has 4 unspecified atom stereocenters. The lowest BCUT2D eigenvalue weighted by atomic mass is 9.50. The first-order valence-electron chi connectivity index (χ1n) is 8.08. The Morgan fingerprint density at radius 1 is 1.41 bits per heavy atom. The van der Waals surface area contributed by atoms with Gasteiger partial charge >= 0.3 is 5.97 Å². The molecule has 0 spiro atoms. The smallest absolute Gasteiger partial charge is 0.310 e. The summed E-state index contributed by atoms with van der Waals surface area (Å²) >= 11 is 0. The second kappa shape index (κ2) is 4.48. The number of hydrogen-bond donors (Lipinski definition) is 1. The van der Waals surface area contributed by atoms with Crippen molar-refractivity contribution in [3.05, 3.63) is 29.3 Å². The zero-order valence-electron chi connectivity index (χ0n) is 13.4. The normalized spacial score (nSPS) is 39.4. The summed E-state index contributed by atoms with van der Waals surface area (Å²) in [6, 6.07) is 6.53. The van der Waals surface area contributed by atoms with Gasteiger partial charge in [0, 0.05) is 12.1 Å². The molecule has 4 heteroatoms. The van der Waals surface area contributed by atoms with Crippen molar-refractivity contribution in [1.29, 1.82) is 0 Å². The molecule has 0 amide bonds. The van der Waals surface area contributed by atoms with E-state index >= 15 is 0 Å². The minimum absolute atomic E-state index is 0.0109. The molecular formula is C18H23NO3. The first-order valence-corrected chi connectivity index (χ1v) is 8.08. The number of phenols is 1. The predicted octanol–water partition coefficient (Wildman–Crippen LogP) is 2.09. The molecule has 1 saturated carbocycles. The molecule has 1 N–H and O–H groups in total. The predicted molar refractivity (Wildman–Crippen MR) is 82.7 cm³/mol. The molecule has 4 bridgehead atoms. The first kappa shape index (κ1) is 14.1. The number of phenolic OH excluding ortho intramolecular Hbond substituents is 1. The van der Waals surface area contributed by atoms with Crippen LogP contribution < -0.4 is 0 Å². The van der Waals surface area contributed by atoms with E-state index in [1.165, 1.54) is 18.2 Å². The summed E-state index contributed by atoms with van der Waals surface area (Å²) in [5.74, 6) is 0.709. The van der Waals surface area contributed by atoms with Gasteiger partial charge in [-0.25, -0.2) is 0 Å². The Kier molecular flexibility index (Phi) is 2.86. The second-order valence-electron chi connectivity index (χ2n) is 7.44. The Labute approximate surface area is 131 Å². The highest BCUT2D eigenvalue weighted by Crippen LogP contribution is 2.58. The van der Waals surface area contributed by atoms with Crippen LogP contribution in [0.1, 0.15) is 30.9 Å². The van der Waals surface area contributed by atoms with Crippen molar-refractivity contribution in [3.8, 4) is 5.75 Å². The lowest BCUT2D eigenvalue weighted by Gasteiger charge is -2.63. The molecule has 2 heterocycles. The van der Waals surface area contributed by atoms with E-state index in [4.69, 9.17) is 4.74 Å². The molecule has 5 rings (SSSR count). The maximum absolute atomic E-state index is 12.1. The van der Waals surface area contributed by atoms with Crippen molar-refractivity contribution >= 4 is 5.97 Å². The van der Waals surface area contributed by atoms with Gasteiger partial charge in [0.25, 0.3) is 0 Å². The number of hydrogen-bond acceptors (Lipinski definition) is 4. The molecule has 0 radical (unpaired) electrons. The summed E-state index contributed by atoms with van der Waals surface area (Å²) in [5.41, 5.74) is 2.69. The SMILES string of the molecule is COC(=O)C1CC2C3Cc4ccc(O)cc4[C@@]2(C)CC1N3C. The van der Waals surface area contributed by atoms with Gasteiger partial charge in [-0.2, -0.15) is 0 Å². The van der Waals surface area contributed by atoms with Crippen LogP contribution in [0.15, 0.2) is 18.2 Å².